The average Bonchev–Trinajstić information content (AvgIpc) is 2.94. The van der Waals surface area contributed by atoms with Gasteiger partial charge in [0.25, 0.3) is 0 Å². The largest absolute Gasteiger partial charge is 0.368 e. The van der Waals surface area contributed by atoms with E-state index < -0.39 is 0 Å². The number of carbonyl (C=O) groups is 1. The van der Waals surface area contributed by atoms with Crippen molar-refractivity contribution < 1.29 is 9.53 Å². The molecule has 1 aliphatic heterocycles. The van der Waals surface area contributed by atoms with Crippen molar-refractivity contribution in [3.63, 3.8) is 0 Å². The molecule has 0 radical (unpaired) electrons. The van der Waals surface area contributed by atoms with Crippen LogP contribution in [0.5, 0.6) is 0 Å². The van der Waals surface area contributed by atoms with Gasteiger partial charge in [0.2, 0.25) is 5.91 Å². The van der Waals surface area contributed by atoms with Crippen molar-refractivity contribution in [3.05, 3.63) is 34.9 Å². The quantitative estimate of drug-likeness (QED) is 0.912. The molecule has 1 aromatic carbocycles. The molecular weight excluding hydrogens is 250 g/mol. The summed E-state index contributed by atoms with van der Waals surface area (Å²) in [4.78, 5) is 12.1. The second kappa shape index (κ2) is 4.56. The fourth-order valence-corrected chi connectivity index (χ4v) is 2.61. The summed E-state index contributed by atoms with van der Waals surface area (Å²) in [7, 11) is 0. The molecule has 1 aromatic rings. The maximum absolute atomic E-state index is 12.1. The first kappa shape index (κ1) is 12.0. The molecular formula is C14H16ClNO2. The zero-order chi connectivity index (χ0) is 12.6. The maximum Gasteiger partial charge on any atom is 0.249 e. The van der Waals surface area contributed by atoms with E-state index in [9.17, 15) is 4.79 Å². The third kappa shape index (κ3) is 2.25. The Morgan fingerprint density at radius 1 is 1.33 bits per heavy atom. The van der Waals surface area contributed by atoms with Crippen molar-refractivity contribution in [3.8, 4) is 0 Å². The second-order valence-corrected chi connectivity index (χ2v) is 5.52. The lowest BCUT2D eigenvalue weighted by Crippen LogP contribution is -2.41. The summed E-state index contributed by atoms with van der Waals surface area (Å²) in [5.74, 6) is 0.0277. The number of rotatable bonds is 3. The smallest absolute Gasteiger partial charge is 0.249 e. The van der Waals surface area contributed by atoms with Gasteiger partial charge in [-0.1, -0.05) is 23.7 Å². The monoisotopic (exact) mass is 265 g/mol. The van der Waals surface area contributed by atoms with Gasteiger partial charge in [0.1, 0.15) is 6.10 Å². The summed E-state index contributed by atoms with van der Waals surface area (Å²) < 4.78 is 5.41. The van der Waals surface area contributed by atoms with E-state index in [2.05, 4.69) is 5.32 Å². The lowest BCUT2D eigenvalue weighted by molar-refractivity contribution is -0.131. The van der Waals surface area contributed by atoms with E-state index >= 15 is 0 Å². The highest BCUT2D eigenvalue weighted by atomic mass is 35.5. The Morgan fingerprint density at radius 2 is 2.06 bits per heavy atom. The summed E-state index contributed by atoms with van der Waals surface area (Å²) in [6, 6.07) is 7.72. The van der Waals surface area contributed by atoms with Crippen molar-refractivity contribution in [2.45, 2.75) is 37.3 Å². The van der Waals surface area contributed by atoms with Crippen LogP contribution in [0.1, 0.15) is 31.2 Å². The molecule has 1 amide bonds. The van der Waals surface area contributed by atoms with E-state index in [-0.39, 0.29) is 17.6 Å². The topological polar surface area (TPSA) is 38.3 Å². The summed E-state index contributed by atoms with van der Waals surface area (Å²) in [5.41, 5.74) is 0.964. The molecule has 3 nitrogen and oxygen atoms in total. The molecule has 18 heavy (non-hydrogen) atoms. The number of ether oxygens (including phenoxy) is 1. The van der Waals surface area contributed by atoms with Gasteiger partial charge in [-0.05, 0) is 43.4 Å². The van der Waals surface area contributed by atoms with E-state index in [4.69, 9.17) is 16.3 Å². The number of carbonyl (C=O) groups excluding carboxylic acids is 1. The number of nitrogens with one attached hydrogen (secondary N) is 1. The Bertz CT molecular complexity index is 447. The molecule has 0 aromatic heterocycles. The van der Waals surface area contributed by atoms with Crippen LogP contribution in [0.4, 0.5) is 0 Å². The van der Waals surface area contributed by atoms with E-state index in [1.165, 1.54) is 0 Å². The van der Waals surface area contributed by atoms with Crippen LogP contribution >= 0.6 is 11.6 Å². The maximum atomic E-state index is 12.1. The Labute approximate surface area is 111 Å². The zero-order valence-corrected chi connectivity index (χ0v) is 10.9. The van der Waals surface area contributed by atoms with E-state index in [1.807, 2.05) is 24.3 Å². The van der Waals surface area contributed by atoms with E-state index in [0.29, 0.717) is 6.61 Å². The van der Waals surface area contributed by atoms with Crippen LogP contribution in [0.3, 0.4) is 0 Å². The fraction of sp³-hybridized carbons (Fsp3) is 0.500. The van der Waals surface area contributed by atoms with Crippen LogP contribution in [0, 0.1) is 0 Å². The number of halogens is 1. The minimum atomic E-state index is -0.255. The van der Waals surface area contributed by atoms with Gasteiger partial charge < -0.3 is 10.1 Å². The Balaban J connectivity index is 1.71. The molecule has 1 saturated heterocycles. The second-order valence-electron chi connectivity index (χ2n) is 5.08. The van der Waals surface area contributed by atoms with E-state index in [1.54, 1.807) is 0 Å². The Hall–Kier alpha value is -1.06. The van der Waals surface area contributed by atoms with Crippen molar-refractivity contribution in [2.24, 2.45) is 0 Å². The lowest BCUT2D eigenvalue weighted by Gasteiger charge is -2.20. The van der Waals surface area contributed by atoms with Crippen LogP contribution in [0.2, 0.25) is 5.02 Å². The van der Waals surface area contributed by atoms with Crippen LogP contribution < -0.4 is 5.32 Å². The minimum Gasteiger partial charge on any atom is -0.368 e. The molecule has 1 heterocycles. The van der Waals surface area contributed by atoms with Gasteiger partial charge in [0.05, 0.1) is 5.54 Å². The summed E-state index contributed by atoms with van der Waals surface area (Å²) in [6.45, 7) is 0.700. The third-order valence-corrected chi connectivity index (χ3v) is 3.98. The Morgan fingerprint density at radius 3 is 2.61 bits per heavy atom. The summed E-state index contributed by atoms with van der Waals surface area (Å²) in [5, 5.41) is 3.86. The van der Waals surface area contributed by atoms with Gasteiger partial charge >= 0.3 is 0 Å². The number of hydrogen-bond acceptors (Lipinski definition) is 2. The zero-order valence-electron chi connectivity index (χ0n) is 10.1. The normalized spacial score (nSPS) is 24.8. The predicted octanol–water partition coefficient (Wildman–Crippen LogP) is 2.62. The molecule has 2 fully saturated rings. The van der Waals surface area contributed by atoms with E-state index in [0.717, 1.165) is 36.3 Å². The molecule has 2 aliphatic rings. The molecule has 0 spiro atoms. The first-order chi connectivity index (χ1) is 8.70. The molecule has 4 heteroatoms. The number of amides is 1. The van der Waals surface area contributed by atoms with Crippen molar-refractivity contribution in [1.29, 1.82) is 0 Å². The fourth-order valence-electron chi connectivity index (χ4n) is 2.48. The highest BCUT2D eigenvalue weighted by Gasteiger charge is 2.46. The number of hydrogen-bond donors (Lipinski definition) is 1. The van der Waals surface area contributed by atoms with Gasteiger partial charge in [-0.3, -0.25) is 4.79 Å². The van der Waals surface area contributed by atoms with Crippen LogP contribution in [-0.2, 0) is 15.1 Å². The first-order valence-corrected chi connectivity index (χ1v) is 6.77. The van der Waals surface area contributed by atoms with Gasteiger partial charge in [-0.25, -0.2) is 0 Å². The summed E-state index contributed by atoms with van der Waals surface area (Å²) in [6.07, 6.45) is 3.55. The molecule has 0 bridgehead atoms. The molecule has 1 unspecified atom stereocenters. The highest BCUT2D eigenvalue weighted by molar-refractivity contribution is 6.30. The molecule has 1 atom stereocenters. The first-order valence-electron chi connectivity index (χ1n) is 6.39. The molecule has 3 rings (SSSR count). The average molecular weight is 266 g/mol. The van der Waals surface area contributed by atoms with Crippen LogP contribution in [0.15, 0.2) is 24.3 Å². The van der Waals surface area contributed by atoms with Gasteiger partial charge in [0.15, 0.2) is 0 Å². The van der Waals surface area contributed by atoms with Crippen molar-refractivity contribution in [2.75, 3.05) is 6.61 Å². The van der Waals surface area contributed by atoms with Crippen LogP contribution in [0.25, 0.3) is 0 Å². The molecule has 96 valence electrons. The lowest BCUT2D eigenvalue weighted by atomic mass is 10.0. The Kier molecular flexibility index (Phi) is 3.04. The van der Waals surface area contributed by atoms with Gasteiger partial charge in [0, 0.05) is 11.6 Å². The molecule has 1 N–H and O–H groups in total. The molecule has 1 aliphatic carbocycles. The van der Waals surface area contributed by atoms with Crippen LogP contribution in [-0.4, -0.2) is 18.6 Å². The highest BCUT2D eigenvalue weighted by Crippen LogP contribution is 2.45. The summed E-state index contributed by atoms with van der Waals surface area (Å²) >= 11 is 5.88. The third-order valence-electron chi connectivity index (χ3n) is 3.73. The molecule has 1 saturated carbocycles. The van der Waals surface area contributed by atoms with Crippen molar-refractivity contribution >= 4 is 17.5 Å². The van der Waals surface area contributed by atoms with Gasteiger partial charge in [-0.15, -0.1) is 0 Å². The number of benzene rings is 1. The standard InChI is InChI=1S/C14H16ClNO2/c15-11-5-3-10(4-6-11)14(7-8-14)16-13(17)12-2-1-9-18-12/h3-6,12H,1-2,7-9H2,(H,16,17). The SMILES string of the molecule is O=C(NC1(c2ccc(Cl)cc2)CC1)C1CCCO1. The predicted molar refractivity (Wildman–Crippen MR) is 69.5 cm³/mol. The van der Waals surface area contributed by atoms with Gasteiger partial charge in [-0.2, -0.15) is 0 Å². The van der Waals surface area contributed by atoms with Crippen molar-refractivity contribution in [1.82, 2.24) is 5.32 Å². The minimum absolute atomic E-state index is 0.0277.